The van der Waals surface area contributed by atoms with Gasteiger partial charge in [-0.1, -0.05) is 65.7 Å². The monoisotopic (exact) mass is 244 g/mol. The molecule has 0 aliphatic carbocycles. The Morgan fingerprint density at radius 1 is 0.750 bits per heavy atom. The van der Waals surface area contributed by atoms with E-state index in [4.69, 9.17) is 4.43 Å². The summed E-state index contributed by atoms with van der Waals surface area (Å²) in [7, 11) is 0.635. The van der Waals surface area contributed by atoms with E-state index in [2.05, 4.69) is 20.8 Å². The summed E-state index contributed by atoms with van der Waals surface area (Å²) in [4.78, 5) is 0. The van der Waals surface area contributed by atoms with E-state index in [0.29, 0.717) is 0 Å². The summed E-state index contributed by atoms with van der Waals surface area (Å²) < 4.78 is 5.89. The molecule has 0 rings (SSSR count). The molecule has 16 heavy (non-hydrogen) atoms. The second kappa shape index (κ2) is 10.3. The van der Waals surface area contributed by atoms with E-state index in [-0.39, 0.29) is 0 Å². The van der Waals surface area contributed by atoms with Crippen LogP contribution in [0.2, 0.25) is 18.1 Å². The summed E-state index contributed by atoms with van der Waals surface area (Å²) >= 11 is 0. The van der Waals surface area contributed by atoms with Crippen molar-refractivity contribution >= 4 is 8.32 Å². The zero-order chi connectivity index (χ0) is 12.3. The van der Waals surface area contributed by atoms with Crippen LogP contribution in [0.3, 0.4) is 0 Å². The van der Waals surface area contributed by atoms with Gasteiger partial charge in [0.05, 0.1) is 0 Å². The van der Waals surface area contributed by atoms with Crippen molar-refractivity contribution in [1.29, 1.82) is 0 Å². The Balaban J connectivity index is 3.67. The molecule has 1 nitrogen and oxygen atoms in total. The highest BCUT2D eigenvalue weighted by Crippen LogP contribution is 2.26. The van der Waals surface area contributed by atoms with Crippen molar-refractivity contribution in [2.24, 2.45) is 0 Å². The van der Waals surface area contributed by atoms with Gasteiger partial charge in [-0.05, 0) is 18.1 Å². The Kier molecular flexibility index (Phi) is 10.5. The van der Waals surface area contributed by atoms with Crippen LogP contribution in [0.1, 0.15) is 65.7 Å². The number of hydrogen-bond donors (Lipinski definition) is 0. The third-order valence-corrected chi connectivity index (χ3v) is 8.60. The SMILES string of the molecule is CCCCCCCC[Si](CC)(CCC)OC. The minimum Gasteiger partial charge on any atom is -0.420 e. The average molecular weight is 244 g/mol. The van der Waals surface area contributed by atoms with E-state index < -0.39 is 8.32 Å². The minimum atomic E-state index is -1.31. The van der Waals surface area contributed by atoms with Crippen molar-refractivity contribution in [3.05, 3.63) is 0 Å². The fourth-order valence-electron chi connectivity index (χ4n) is 2.51. The minimum absolute atomic E-state index is 1.30. The standard InChI is InChI=1S/C14H32OSi/c1-5-8-9-10-11-12-14-16(7-3,15-4)13-6-2/h5-14H2,1-4H3. The summed E-state index contributed by atoms with van der Waals surface area (Å²) in [5.74, 6) is 0. The molecule has 0 amide bonds. The van der Waals surface area contributed by atoms with Gasteiger partial charge in [-0.15, -0.1) is 0 Å². The lowest BCUT2D eigenvalue weighted by molar-refractivity contribution is 0.386. The van der Waals surface area contributed by atoms with Crippen LogP contribution >= 0.6 is 0 Å². The van der Waals surface area contributed by atoms with Gasteiger partial charge in [0.1, 0.15) is 0 Å². The highest BCUT2D eigenvalue weighted by Gasteiger charge is 2.29. The molecule has 0 aromatic heterocycles. The Morgan fingerprint density at radius 3 is 1.88 bits per heavy atom. The molecule has 0 heterocycles. The van der Waals surface area contributed by atoms with Crippen LogP contribution < -0.4 is 0 Å². The number of unbranched alkanes of at least 4 members (excludes halogenated alkanes) is 5. The van der Waals surface area contributed by atoms with E-state index in [0.717, 1.165) is 0 Å². The zero-order valence-corrected chi connectivity index (χ0v) is 13.0. The summed E-state index contributed by atoms with van der Waals surface area (Å²) in [6, 6.07) is 4.04. The predicted octanol–water partition coefficient (Wildman–Crippen LogP) is 5.37. The zero-order valence-electron chi connectivity index (χ0n) is 12.0. The Labute approximate surface area is 104 Å². The van der Waals surface area contributed by atoms with Gasteiger partial charge in [-0.2, -0.15) is 0 Å². The van der Waals surface area contributed by atoms with E-state index in [1.165, 1.54) is 63.1 Å². The first-order valence-electron chi connectivity index (χ1n) is 7.29. The lowest BCUT2D eigenvalue weighted by Gasteiger charge is -2.28. The lowest BCUT2D eigenvalue weighted by Crippen LogP contribution is -2.35. The molecule has 0 bridgehead atoms. The van der Waals surface area contributed by atoms with Crippen LogP contribution in [-0.4, -0.2) is 15.4 Å². The molecule has 0 saturated heterocycles. The molecule has 1 unspecified atom stereocenters. The maximum absolute atomic E-state index is 5.89. The first kappa shape index (κ1) is 16.2. The normalized spacial score (nSPS) is 15.0. The van der Waals surface area contributed by atoms with Gasteiger partial charge in [-0.3, -0.25) is 0 Å². The van der Waals surface area contributed by atoms with Gasteiger partial charge in [0.2, 0.25) is 0 Å². The van der Waals surface area contributed by atoms with Gasteiger partial charge in [0, 0.05) is 7.11 Å². The third-order valence-electron chi connectivity index (χ3n) is 3.77. The van der Waals surface area contributed by atoms with Gasteiger partial charge >= 0.3 is 0 Å². The van der Waals surface area contributed by atoms with Crippen molar-refractivity contribution in [3.8, 4) is 0 Å². The Bertz CT molecular complexity index is 144. The molecule has 0 radical (unpaired) electrons. The molecular weight excluding hydrogens is 212 g/mol. The molecule has 0 spiro atoms. The molecule has 0 aromatic carbocycles. The van der Waals surface area contributed by atoms with Gasteiger partial charge in [0.25, 0.3) is 0 Å². The number of rotatable bonds is 11. The number of hydrogen-bond acceptors (Lipinski definition) is 1. The fraction of sp³-hybridized carbons (Fsp3) is 1.00. The smallest absolute Gasteiger partial charge is 0.191 e. The predicted molar refractivity (Wildman–Crippen MR) is 76.5 cm³/mol. The summed E-state index contributed by atoms with van der Waals surface area (Å²) in [6.45, 7) is 6.89. The van der Waals surface area contributed by atoms with E-state index in [1.807, 2.05) is 7.11 Å². The first-order valence-corrected chi connectivity index (χ1v) is 9.82. The summed E-state index contributed by atoms with van der Waals surface area (Å²) in [5, 5.41) is 0. The second-order valence-electron chi connectivity index (χ2n) is 5.01. The topological polar surface area (TPSA) is 9.23 Å². The first-order chi connectivity index (χ1) is 7.74. The van der Waals surface area contributed by atoms with Crippen molar-refractivity contribution in [1.82, 2.24) is 0 Å². The molecule has 0 saturated carbocycles. The highest BCUT2D eigenvalue weighted by atomic mass is 28.4. The second-order valence-corrected chi connectivity index (χ2v) is 9.49. The van der Waals surface area contributed by atoms with Gasteiger partial charge < -0.3 is 4.43 Å². The molecular formula is C14H32OSi. The fourth-order valence-corrected chi connectivity index (χ4v) is 5.97. The van der Waals surface area contributed by atoms with E-state index in [1.54, 1.807) is 0 Å². The molecule has 2 heteroatoms. The Hall–Kier alpha value is 0.177. The van der Waals surface area contributed by atoms with Crippen molar-refractivity contribution in [2.75, 3.05) is 7.11 Å². The maximum Gasteiger partial charge on any atom is 0.191 e. The lowest BCUT2D eigenvalue weighted by atomic mass is 10.1. The van der Waals surface area contributed by atoms with Crippen molar-refractivity contribution in [2.45, 2.75) is 83.8 Å². The molecule has 0 aliphatic rings. The average Bonchev–Trinajstić information content (AvgIpc) is 2.32. The van der Waals surface area contributed by atoms with Gasteiger partial charge in [0.15, 0.2) is 8.32 Å². The largest absolute Gasteiger partial charge is 0.420 e. The Morgan fingerprint density at radius 2 is 1.38 bits per heavy atom. The van der Waals surface area contributed by atoms with E-state index in [9.17, 15) is 0 Å². The van der Waals surface area contributed by atoms with E-state index >= 15 is 0 Å². The molecule has 98 valence electrons. The molecule has 0 aromatic rings. The summed E-state index contributed by atoms with van der Waals surface area (Å²) in [5.41, 5.74) is 0. The van der Waals surface area contributed by atoms with Crippen LogP contribution in [0, 0.1) is 0 Å². The van der Waals surface area contributed by atoms with Crippen molar-refractivity contribution < 1.29 is 4.43 Å². The van der Waals surface area contributed by atoms with Crippen LogP contribution in [0.25, 0.3) is 0 Å². The van der Waals surface area contributed by atoms with Crippen molar-refractivity contribution in [3.63, 3.8) is 0 Å². The molecule has 0 fully saturated rings. The highest BCUT2D eigenvalue weighted by molar-refractivity contribution is 6.73. The molecule has 1 atom stereocenters. The molecule has 0 N–H and O–H groups in total. The quantitative estimate of drug-likeness (QED) is 0.351. The maximum atomic E-state index is 5.89. The van der Waals surface area contributed by atoms with Crippen LogP contribution in [0.4, 0.5) is 0 Å². The van der Waals surface area contributed by atoms with Crippen LogP contribution in [0.5, 0.6) is 0 Å². The third kappa shape index (κ3) is 6.69. The van der Waals surface area contributed by atoms with Crippen LogP contribution in [-0.2, 0) is 4.43 Å². The summed E-state index contributed by atoms with van der Waals surface area (Å²) in [6.07, 6.45) is 9.73. The van der Waals surface area contributed by atoms with Crippen LogP contribution in [0.15, 0.2) is 0 Å². The van der Waals surface area contributed by atoms with Gasteiger partial charge in [-0.25, -0.2) is 0 Å². The molecule has 0 aliphatic heterocycles.